The van der Waals surface area contributed by atoms with Gasteiger partial charge >= 0.3 is 0 Å². The Kier molecular flexibility index (Phi) is 8.29. The minimum Gasteiger partial charge on any atom is -0.382 e. The molecule has 3 N–H and O–H groups in total. The van der Waals surface area contributed by atoms with Crippen molar-refractivity contribution in [3.8, 4) is 0 Å². The van der Waals surface area contributed by atoms with Gasteiger partial charge in [0.15, 0.2) is 0 Å². The van der Waals surface area contributed by atoms with Crippen LogP contribution in [0.2, 0.25) is 5.02 Å². The standard InChI is InChI=1S/C30H35ClN5O/c31-26-11-9-23(10-12-26)21-29(36-16-13-24-5-1-2-6-25(24)22-36)30(37)35-19-17-34(18-20-35)28-8-4-3-7-27(28)33-15-14-32/h1-12,16,29,33H,13-15,17-22,32H2/t29-/m1/s1. The molecule has 0 spiro atoms. The van der Waals surface area contributed by atoms with E-state index in [4.69, 9.17) is 17.3 Å². The number of para-hydroxylation sites is 2. The number of rotatable bonds is 8. The van der Waals surface area contributed by atoms with Gasteiger partial charge in [0, 0.05) is 57.4 Å². The molecule has 2 heterocycles. The van der Waals surface area contributed by atoms with Gasteiger partial charge in [-0.25, -0.2) is 0 Å². The van der Waals surface area contributed by atoms with E-state index in [2.05, 4.69) is 64.1 Å². The highest BCUT2D eigenvalue weighted by Crippen LogP contribution is 2.28. The van der Waals surface area contributed by atoms with Gasteiger partial charge in [0.05, 0.1) is 17.4 Å². The molecule has 0 aromatic heterocycles. The van der Waals surface area contributed by atoms with Crippen molar-refractivity contribution in [2.24, 2.45) is 5.73 Å². The minimum atomic E-state index is -0.250. The number of halogens is 1. The minimum absolute atomic E-state index is 0.194. The summed E-state index contributed by atoms with van der Waals surface area (Å²) in [5.41, 5.74) is 11.7. The maximum Gasteiger partial charge on any atom is 0.240 e. The molecule has 37 heavy (non-hydrogen) atoms. The number of anilines is 2. The summed E-state index contributed by atoms with van der Waals surface area (Å²) in [7, 11) is 0. The Morgan fingerprint density at radius 3 is 2.38 bits per heavy atom. The second-order valence-corrected chi connectivity index (χ2v) is 10.2. The van der Waals surface area contributed by atoms with Crippen LogP contribution in [0.15, 0.2) is 72.8 Å². The Hall–Kier alpha value is -3.06. The number of nitrogens with two attached hydrogens (primary N) is 1. The Balaban J connectivity index is 1.31. The molecule has 2 aliphatic rings. The van der Waals surface area contributed by atoms with Crippen LogP contribution in [0.5, 0.6) is 0 Å². The van der Waals surface area contributed by atoms with Gasteiger partial charge < -0.3 is 20.9 Å². The predicted octanol–water partition coefficient (Wildman–Crippen LogP) is 4.19. The summed E-state index contributed by atoms with van der Waals surface area (Å²) in [5.74, 6) is 0.194. The van der Waals surface area contributed by atoms with Gasteiger partial charge in [-0.15, -0.1) is 0 Å². The summed E-state index contributed by atoms with van der Waals surface area (Å²) >= 11 is 6.13. The highest BCUT2D eigenvalue weighted by molar-refractivity contribution is 6.30. The number of nitrogens with zero attached hydrogens (tertiary/aromatic N) is 3. The van der Waals surface area contributed by atoms with E-state index in [9.17, 15) is 4.79 Å². The fourth-order valence-corrected chi connectivity index (χ4v) is 5.43. The van der Waals surface area contributed by atoms with Gasteiger partial charge in [0.2, 0.25) is 5.91 Å². The van der Waals surface area contributed by atoms with E-state index < -0.39 is 0 Å². The van der Waals surface area contributed by atoms with Crippen molar-refractivity contribution in [2.45, 2.75) is 25.4 Å². The summed E-state index contributed by atoms with van der Waals surface area (Å²) in [6.45, 7) is 7.27. The molecule has 1 atom stereocenters. The quantitative estimate of drug-likeness (QED) is 0.470. The van der Waals surface area contributed by atoms with E-state index in [0.717, 1.165) is 43.9 Å². The van der Waals surface area contributed by atoms with Crippen LogP contribution in [0.3, 0.4) is 0 Å². The molecule has 2 aliphatic heterocycles. The third-order valence-electron chi connectivity index (χ3n) is 7.34. The van der Waals surface area contributed by atoms with Crippen LogP contribution in [0.1, 0.15) is 16.7 Å². The van der Waals surface area contributed by atoms with Crippen LogP contribution in [0, 0.1) is 6.54 Å². The normalized spacial score (nSPS) is 16.8. The molecule has 3 aromatic rings. The molecule has 0 unspecified atom stereocenters. The molecule has 1 fully saturated rings. The lowest BCUT2D eigenvalue weighted by molar-refractivity contribution is -0.137. The summed E-state index contributed by atoms with van der Waals surface area (Å²) in [6.07, 6.45) is 1.50. The molecular weight excluding hydrogens is 482 g/mol. The van der Waals surface area contributed by atoms with Crippen LogP contribution in [-0.2, 0) is 24.2 Å². The molecule has 0 bridgehead atoms. The Labute approximate surface area is 225 Å². The summed E-state index contributed by atoms with van der Waals surface area (Å²) in [6, 6.07) is 24.5. The molecular formula is C30H35ClN5O. The average Bonchev–Trinajstić information content (AvgIpc) is 2.95. The van der Waals surface area contributed by atoms with Crippen molar-refractivity contribution in [1.29, 1.82) is 0 Å². The van der Waals surface area contributed by atoms with Gasteiger partial charge in [0.25, 0.3) is 0 Å². The van der Waals surface area contributed by atoms with Gasteiger partial charge in [-0.1, -0.05) is 60.1 Å². The van der Waals surface area contributed by atoms with Crippen molar-refractivity contribution in [3.63, 3.8) is 0 Å². The first-order valence-corrected chi connectivity index (χ1v) is 13.5. The van der Waals surface area contributed by atoms with Gasteiger partial charge in [-0.3, -0.25) is 9.69 Å². The maximum absolute atomic E-state index is 14.0. The molecule has 1 saturated heterocycles. The number of hydrogen-bond donors (Lipinski definition) is 2. The Morgan fingerprint density at radius 1 is 0.919 bits per heavy atom. The lowest BCUT2D eigenvalue weighted by Gasteiger charge is -2.41. The molecule has 0 aliphatic carbocycles. The van der Waals surface area contributed by atoms with E-state index in [1.54, 1.807) is 0 Å². The third kappa shape index (κ3) is 6.09. The van der Waals surface area contributed by atoms with Crippen molar-refractivity contribution in [2.75, 3.05) is 49.5 Å². The SMILES string of the molecule is NCCNc1ccccc1N1CCN(C(=O)[C@@H](Cc2ccc(Cl)cc2)N2[CH]Cc3ccccc3C2)CC1. The zero-order valence-corrected chi connectivity index (χ0v) is 21.9. The lowest BCUT2D eigenvalue weighted by Crippen LogP contribution is -2.55. The van der Waals surface area contributed by atoms with E-state index in [-0.39, 0.29) is 11.9 Å². The van der Waals surface area contributed by atoms with Gasteiger partial charge in [-0.2, -0.15) is 0 Å². The number of hydrogen-bond acceptors (Lipinski definition) is 5. The van der Waals surface area contributed by atoms with Crippen LogP contribution in [0.4, 0.5) is 11.4 Å². The molecule has 5 rings (SSSR count). The number of benzene rings is 3. The lowest BCUT2D eigenvalue weighted by atomic mass is 9.95. The molecule has 3 aromatic carbocycles. The average molecular weight is 517 g/mol. The highest BCUT2D eigenvalue weighted by atomic mass is 35.5. The van der Waals surface area contributed by atoms with Crippen LogP contribution >= 0.6 is 11.6 Å². The third-order valence-corrected chi connectivity index (χ3v) is 7.59. The number of carbonyl (C=O) groups is 1. The fraction of sp³-hybridized carbons (Fsp3) is 0.333. The second-order valence-electron chi connectivity index (χ2n) is 9.72. The fourth-order valence-electron chi connectivity index (χ4n) is 5.30. The molecule has 6 nitrogen and oxygen atoms in total. The number of fused-ring (bicyclic) bond motifs is 1. The summed E-state index contributed by atoms with van der Waals surface area (Å²) in [5, 5.41) is 4.14. The second kappa shape index (κ2) is 12.0. The first-order valence-electron chi connectivity index (χ1n) is 13.1. The van der Waals surface area contributed by atoms with E-state index in [1.807, 2.05) is 35.2 Å². The molecule has 1 radical (unpaired) electrons. The first-order chi connectivity index (χ1) is 18.1. The van der Waals surface area contributed by atoms with Crippen molar-refractivity contribution < 1.29 is 4.79 Å². The zero-order chi connectivity index (χ0) is 25.6. The topological polar surface area (TPSA) is 64.8 Å². The maximum atomic E-state index is 14.0. The number of carbonyl (C=O) groups excluding carboxylic acids is 1. The van der Waals surface area contributed by atoms with E-state index in [1.165, 1.54) is 16.8 Å². The van der Waals surface area contributed by atoms with Crippen LogP contribution in [0.25, 0.3) is 0 Å². The smallest absolute Gasteiger partial charge is 0.240 e. The Bertz CT molecular complexity index is 1190. The number of nitrogens with one attached hydrogen (secondary N) is 1. The summed E-state index contributed by atoms with van der Waals surface area (Å²) < 4.78 is 0. The number of amides is 1. The summed E-state index contributed by atoms with van der Waals surface area (Å²) in [4.78, 5) is 20.7. The van der Waals surface area contributed by atoms with E-state index in [0.29, 0.717) is 31.1 Å². The predicted molar refractivity (Wildman–Crippen MR) is 152 cm³/mol. The molecule has 7 heteroatoms. The van der Waals surface area contributed by atoms with Gasteiger partial charge in [0.1, 0.15) is 0 Å². The largest absolute Gasteiger partial charge is 0.382 e. The molecule has 0 saturated carbocycles. The van der Waals surface area contributed by atoms with E-state index >= 15 is 0 Å². The van der Waals surface area contributed by atoms with Crippen molar-refractivity contribution in [1.82, 2.24) is 9.80 Å². The van der Waals surface area contributed by atoms with Crippen LogP contribution in [-0.4, -0.2) is 61.0 Å². The van der Waals surface area contributed by atoms with Crippen molar-refractivity contribution in [3.05, 3.63) is 101 Å². The molecule has 193 valence electrons. The first kappa shape index (κ1) is 25.6. The van der Waals surface area contributed by atoms with Gasteiger partial charge in [-0.05, 0) is 53.8 Å². The molecule has 1 amide bonds. The monoisotopic (exact) mass is 516 g/mol. The van der Waals surface area contributed by atoms with Crippen molar-refractivity contribution >= 4 is 28.9 Å². The highest BCUT2D eigenvalue weighted by Gasteiger charge is 2.34. The van der Waals surface area contributed by atoms with Crippen LogP contribution < -0.4 is 16.0 Å². The zero-order valence-electron chi connectivity index (χ0n) is 21.2. The number of piperazine rings is 1. The Morgan fingerprint density at radius 2 is 1.62 bits per heavy atom.